The molecule has 0 aliphatic carbocycles. The molecule has 0 saturated heterocycles. The van der Waals surface area contributed by atoms with Gasteiger partial charge in [-0.1, -0.05) is 37.3 Å². The van der Waals surface area contributed by atoms with Gasteiger partial charge in [-0.15, -0.1) is 0 Å². The molecule has 0 aliphatic rings. The fourth-order valence-electron chi connectivity index (χ4n) is 2.72. The SMILES string of the molecule is CCCn1c(Sc2ncnc3ccccc23)nc2ccccc21. The number of aryl methyl sites for hydroxylation is 1. The van der Waals surface area contributed by atoms with Crippen LogP contribution < -0.4 is 0 Å². The van der Waals surface area contributed by atoms with Gasteiger partial charge in [0.15, 0.2) is 5.16 Å². The summed E-state index contributed by atoms with van der Waals surface area (Å²) in [6, 6.07) is 16.4. The second-order valence-electron chi connectivity index (χ2n) is 5.33. The molecule has 4 rings (SSSR count). The first-order valence-corrected chi connectivity index (χ1v) is 8.51. The van der Waals surface area contributed by atoms with Crippen molar-refractivity contribution < 1.29 is 0 Å². The van der Waals surface area contributed by atoms with Gasteiger partial charge < -0.3 is 4.57 Å². The fourth-order valence-corrected chi connectivity index (χ4v) is 3.72. The number of para-hydroxylation sites is 3. The Labute approximate surface area is 138 Å². The molecule has 0 unspecified atom stereocenters. The summed E-state index contributed by atoms with van der Waals surface area (Å²) in [5, 5.41) is 3.00. The number of hydrogen-bond donors (Lipinski definition) is 0. The van der Waals surface area contributed by atoms with Crippen LogP contribution in [0.1, 0.15) is 13.3 Å². The van der Waals surface area contributed by atoms with Gasteiger partial charge in [0.25, 0.3) is 0 Å². The monoisotopic (exact) mass is 320 g/mol. The molecular weight excluding hydrogens is 304 g/mol. The summed E-state index contributed by atoms with van der Waals surface area (Å²) in [5.41, 5.74) is 3.17. The minimum absolute atomic E-state index is 0.947. The lowest BCUT2D eigenvalue weighted by Gasteiger charge is -2.08. The van der Waals surface area contributed by atoms with Crippen molar-refractivity contribution in [2.45, 2.75) is 30.1 Å². The van der Waals surface area contributed by atoms with Gasteiger partial charge in [0.2, 0.25) is 0 Å². The molecule has 2 heterocycles. The van der Waals surface area contributed by atoms with Crippen molar-refractivity contribution >= 4 is 33.7 Å². The summed E-state index contributed by atoms with van der Waals surface area (Å²) >= 11 is 1.61. The Bertz CT molecular complexity index is 972. The molecule has 0 aliphatic heterocycles. The van der Waals surface area contributed by atoms with Crippen LogP contribution >= 0.6 is 11.8 Å². The molecule has 2 aromatic heterocycles. The topological polar surface area (TPSA) is 43.6 Å². The van der Waals surface area contributed by atoms with Crippen LogP contribution in [0.15, 0.2) is 65.0 Å². The molecule has 0 atom stereocenters. The van der Waals surface area contributed by atoms with Crippen molar-refractivity contribution in [2.24, 2.45) is 0 Å². The summed E-state index contributed by atoms with van der Waals surface area (Å²) in [7, 11) is 0. The Morgan fingerprint density at radius 3 is 2.61 bits per heavy atom. The molecule has 5 heteroatoms. The van der Waals surface area contributed by atoms with Gasteiger partial charge in [-0.25, -0.2) is 15.0 Å². The average molecular weight is 320 g/mol. The Hall–Kier alpha value is -2.40. The molecule has 0 radical (unpaired) electrons. The van der Waals surface area contributed by atoms with E-state index in [-0.39, 0.29) is 0 Å². The first-order valence-electron chi connectivity index (χ1n) is 7.69. The molecule has 4 aromatic rings. The maximum atomic E-state index is 4.80. The summed E-state index contributed by atoms with van der Waals surface area (Å²) in [6.45, 7) is 3.13. The van der Waals surface area contributed by atoms with Crippen LogP contribution in [0.5, 0.6) is 0 Å². The van der Waals surface area contributed by atoms with Crippen molar-refractivity contribution in [3.8, 4) is 0 Å². The number of imidazole rings is 1. The molecule has 0 amide bonds. The van der Waals surface area contributed by atoms with Crippen LogP contribution in [0.2, 0.25) is 0 Å². The summed E-state index contributed by atoms with van der Waals surface area (Å²) < 4.78 is 2.27. The van der Waals surface area contributed by atoms with E-state index in [1.165, 1.54) is 5.52 Å². The van der Waals surface area contributed by atoms with Gasteiger partial charge in [0.1, 0.15) is 11.4 Å². The lowest BCUT2D eigenvalue weighted by molar-refractivity contribution is 0.638. The number of nitrogens with zero attached hydrogens (tertiary/aromatic N) is 4. The maximum Gasteiger partial charge on any atom is 0.175 e. The number of aromatic nitrogens is 4. The zero-order valence-corrected chi connectivity index (χ0v) is 13.6. The van der Waals surface area contributed by atoms with Crippen molar-refractivity contribution in [2.75, 3.05) is 0 Å². The van der Waals surface area contributed by atoms with Crippen molar-refractivity contribution in [3.63, 3.8) is 0 Å². The third-order valence-corrected chi connectivity index (χ3v) is 4.77. The summed E-state index contributed by atoms with van der Waals surface area (Å²) in [6.07, 6.45) is 2.69. The van der Waals surface area contributed by atoms with Gasteiger partial charge in [-0.3, -0.25) is 0 Å². The van der Waals surface area contributed by atoms with Crippen molar-refractivity contribution in [3.05, 3.63) is 54.9 Å². The van der Waals surface area contributed by atoms with Gasteiger partial charge in [0.05, 0.1) is 16.6 Å². The van der Waals surface area contributed by atoms with Gasteiger partial charge >= 0.3 is 0 Å². The molecule has 114 valence electrons. The maximum absolute atomic E-state index is 4.80. The number of hydrogen-bond acceptors (Lipinski definition) is 4. The second-order valence-corrected chi connectivity index (χ2v) is 6.29. The molecule has 0 fully saturated rings. The third kappa shape index (κ3) is 2.57. The number of rotatable bonds is 4. The van der Waals surface area contributed by atoms with Crippen LogP contribution in [0.4, 0.5) is 0 Å². The smallest absolute Gasteiger partial charge is 0.175 e. The van der Waals surface area contributed by atoms with Gasteiger partial charge in [-0.05, 0) is 36.4 Å². The minimum atomic E-state index is 0.947. The highest BCUT2D eigenvalue weighted by atomic mass is 32.2. The lowest BCUT2D eigenvalue weighted by atomic mass is 10.2. The van der Waals surface area contributed by atoms with Crippen molar-refractivity contribution in [1.29, 1.82) is 0 Å². The van der Waals surface area contributed by atoms with E-state index in [9.17, 15) is 0 Å². The quantitative estimate of drug-likeness (QED) is 0.518. The van der Waals surface area contributed by atoms with Crippen LogP contribution in [0.25, 0.3) is 21.9 Å². The number of fused-ring (bicyclic) bond motifs is 2. The Kier molecular flexibility index (Phi) is 3.71. The van der Waals surface area contributed by atoms with E-state index in [1.807, 2.05) is 24.3 Å². The van der Waals surface area contributed by atoms with E-state index in [2.05, 4.69) is 45.7 Å². The molecular formula is C18H16N4S. The van der Waals surface area contributed by atoms with E-state index in [1.54, 1.807) is 18.1 Å². The van der Waals surface area contributed by atoms with Crippen LogP contribution in [-0.2, 0) is 6.54 Å². The Morgan fingerprint density at radius 2 is 1.74 bits per heavy atom. The molecule has 0 N–H and O–H groups in total. The summed E-state index contributed by atoms with van der Waals surface area (Å²) in [4.78, 5) is 13.6. The molecule has 2 aromatic carbocycles. The average Bonchev–Trinajstić information content (AvgIpc) is 2.93. The number of benzene rings is 2. The Morgan fingerprint density at radius 1 is 0.957 bits per heavy atom. The van der Waals surface area contributed by atoms with Crippen LogP contribution in [0, 0.1) is 0 Å². The van der Waals surface area contributed by atoms with E-state index in [4.69, 9.17) is 4.98 Å². The van der Waals surface area contributed by atoms with Gasteiger partial charge in [-0.2, -0.15) is 0 Å². The fraction of sp³-hybridized carbons (Fsp3) is 0.167. The summed E-state index contributed by atoms with van der Waals surface area (Å²) in [5.74, 6) is 0. The predicted molar refractivity (Wildman–Crippen MR) is 93.7 cm³/mol. The van der Waals surface area contributed by atoms with E-state index < -0.39 is 0 Å². The standard InChI is InChI=1S/C18H16N4S/c1-2-11-22-16-10-6-5-9-15(16)21-18(22)23-17-13-7-3-4-8-14(13)19-12-20-17/h3-10,12H,2,11H2,1H3. The van der Waals surface area contributed by atoms with Crippen LogP contribution in [0.3, 0.4) is 0 Å². The largest absolute Gasteiger partial charge is 0.319 e. The van der Waals surface area contributed by atoms with E-state index in [0.29, 0.717) is 0 Å². The molecule has 0 spiro atoms. The first-order chi connectivity index (χ1) is 11.4. The highest BCUT2D eigenvalue weighted by molar-refractivity contribution is 7.99. The molecule has 0 saturated carbocycles. The highest BCUT2D eigenvalue weighted by Gasteiger charge is 2.13. The van der Waals surface area contributed by atoms with E-state index >= 15 is 0 Å². The Balaban J connectivity index is 1.84. The first kappa shape index (κ1) is 14.2. The van der Waals surface area contributed by atoms with Crippen molar-refractivity contribution in [1.82, 2.24) is 19.5 Å². The lowest BCUT2D eigenvalue weighted by Crippen LogP contribution is -1.99. The van der Waals surface area contributed by atoms with Crippen LogP contribution in [-0.4, -0.2) is 19.5 Å². The highest BCUT2D eigenvalue weighted by Crippen LogP contribution is 2.32. The predicted octanol–water partition coefficient (Wildman–Crippen LogP) is 4.54. The minimum Gasteiger partial charge on any atom is -0.319 e. The second kappa shape index (κ2) is 6.01. The molecule has 23 heavy (non-hydrogen) atoms. The third-order valence-electron chi connectivity index (χ3n) is 3.76. The van der Waals surface area contributed by atoms with Gasteiger partial charge in [0, 0.05) is 11.9 Å². The zero-order chi connectivity index (χ0) is 15.6. The molecule has 4 nitrogen and oxygen atoms in total. The molecule has 0 bridgehead atoms. The normalized spacial score (nSPS) is 11.3. The van der Waals surface area contributed by atoms with E-state index in [0.717, 1.165) is 39.6 Å². The zero-order valence-electron chi connectivity index (χ0n) is 12.8.